The predicted octanol–water partition coefficient (Wildman–Crippen LogP) is 8.27. The molecule has 0 bridgehead atoms. The molecule has 1 heteroatoms. The molecular formula is C29H27N. The van der Waals surface area contributed by atoms with Crippen LogP contribution >= 0.6 is 0 Å². The molecule has 1 heterocycles. The molecule has 0 spiro atoms. The van der Waals surface area contributed by atoms with E-state index in [1.54, 1.807) is 0 Å². The molecule has 0 atom stereocenters. The monoisotopic (exact) mass is 389 g/mol. The Labute approximate surface area is 178 Å². The molecule has 0 radical (unpaired) electrons. The van der Waals surface area contributed by atoms with Gasteiger partial charge in [-0.25, -0.2) is 0 Å². The fraction of sp³-hybridized carbons (Fsp3) is 0.172. The van der Waals surface area contributed by atoms with Crippen LogP contribution in [0.4, 0.5) is 0 Å². The van der Waals surface area contributed by atoms with Crippen LogP contribution in [0.15, 0.2) is 97.1 Å². The third-order valence-corrected chi connectivity index (χ3v) is 6.45. The second kappa shape index (κ2) is 7.18. The third kappa shape index (κ3) is 2.85. The molecule has 0 aliphatic carbocycles. The van der Waals surface area contributed by atoms with E-state index in [2.05, 4.69) is 122 Å². The molecule has 0 aliphatic rings. The van der Waals surface area contributed by atoms with E-state index in [0.29, 0.717) is 0 Å². The number of hydrogen-bond donors (Lipinski definition) is 0. The molecule has 30 heavy (non-hydrogen) atoms. The molecule has 5 aromatic rings. The van der Waals surface area contributed by atoms with E-state index in [-0.39, 0.29) is 5.54 Å². The molecule has 0 saturated carbocycles. The molecule has 0 N–H and O–H groups in total. The van der Waals surface area contributed by atoms with E-state index in [1.807, 2.05) is 0 Å². The first-order valence-corrected chi connectivity index (χ1v) is 10.8. The van der Waals surface area contributed by atoms with Gasteiger partial charge in [-0.2, -0.15) is 0 Å². The van der Waals surface area contributed by atoms with Gasteiger partial charge in [0.15, 0.2) is 0 Å². The van der Waals surface area contributed by atoms with Gasteiger partial charge in [0.2, 0.25) is 0 Å². The molecule has 0 amide bonds. The maximum absolute atomic E-state index is 2.60. The van der Waals surface area contributed by atoms with Gasteiger partial charge in [0, 0.05) is 27.4 Å². The highest BCUT2D eigenvalue weighted by atomic mass is 15.1. The lowest BCUT2D eigenvalue weighted by atomic mass is 9.98. The van der Waals surface area contributed by atoms with E-state index in [0.717, 1.165) is 6.42 Å². The SMILES string of the molecule is CCC(C)(C)n1c2c(-c3ccccc3)cccc2c2cccc(-c3ccccc3)c21. The normalized spacial score (nSPS) is 12.0. The number of fused-ring (bicyclic) bond motifs is 3. The Balaban J connectivity index is 2.00. The second-order valence-corrected chi connectivity index (χ2v) is 8.64. The Morgan fingerprint density at radius 3 is 1.40 bits per heavy atom. The highest BCUT2D eigenvalue weighted by molar-refractivity contribution is 6.16. The Hall–Kier alpha value is -3.32. The van der Waals surface area contributed by atoms with Gasteiger partial charge in [-0.15, -0.1) is 0 Å². The van der Waals surface area contributed by atoms with Crippen molar-refractivity contribution in [3.05, 3.63) is 97.1 Å². The van der Waals surface area contributed by atoms with Gasteiger partial charge in [0.25, 0.3) is 0 Å². The largest absolute Gasteiger partial charge is 0.334 e. The molecule has 148 valence electrons. The van der Waals surface area contributed by atoms with E-state index < -0.39 is 0 Å². The average Bonchev–Trinajstić information content (AvgIpc) is 3.16. The van der Waals surface area contributed by atoms with E-state index in [4.69, 9.17) is 0 Å². The first-order chi connectivity index (χ1) is 14.6. The van der Waals surface area contributed by atoms with Crippen LogP contribution in [0, 0.1) is 0 Å². The summed E-state index contributed by atoms with van der Waals surface area (Å²) in [7, 11) is 0. The average molecular weight is 390 g/mol. The lowest BCUT2D eigenvalue weighted by Gasteiger charge is -2.29. The fourth-order valence-electron chi connectivity index (χ4n) is 4.58. The molecule has 0 saturated heterocycles. The van der Waals surface area contributed by atoms with Crippen LogP contribution in [0.2, 0.25) is 0 Å². The van der Waals surface area contributed by atoms with Crippen molar-refractivity contribution in [1.29, 1.82) is 0 Å². The molecule has 5 rings (SSSR count). The number of benzene rings is 4. The Morgan fingerprint density at radius 2 is 1.00 bits per heavy atom. The Kier molecular flexibility index (Phi) is 4.47. The summed E-state index contributed by atoms with van der Waals surface area (Å²) in [5.41, 5.74) is 7.76. The van der Waals surface area contributed by atoms with Crippen molar-refractivity contribution in [3.63, 3.8) is 0 Å². The van der Waals surface area contributed by atoms with Gasteiger partial charge in [0.1, 0.15) is 0 Å². The lowest BCUT2D eigenvalue weighted by Crippen LogP contribution is -2.25. The van der Waals surface area contributed by atoms with Crippen molar-refractivity contribution in [3.8, 4) is 22.3 Å². The zero-order valence-electron chi connectivity index (χ0n) is 17.9. The topological polar surface area (TPSA) is 4.93 Å². The quantitative estimate of drug-likeness (QED) is 0.291. The summed E-state index contributed by atoms with van der Waals surface area (Å²) in [6.07, 6.45) is 1.05. The molecule has 0 unspecified atom stereocenters. The van der Waals surface area contributed by atoms with E-state index in [1.165, 1.54) is 44.1 Å². The van der Waals surface area contributed by atoms with Gasteiger partial charge >= 0.3 is 0 Å². The summed E-state index contributed by atoms with van der Waals surface area (Å²) < 4.78 is 2.60. The third-order valence-electron chi connectivity index (χ3n) is 6.45. The van der Waals surface area contributed by atoms with E-state index in [9.17, 15) is 0 Å². The van der Waals surface area contributed by atoms with Gasteiger partial charge in [-0.3, -0.25) is 0 Å². The summed E-state index contributed by atoms with van der Waals surface area (Å²) in [5, 5.41) is 2.65. The van der Waals surface area contributed by atoms with Gasteiger partial charge in [0.05, 0.1) is 11.0 Å². The molecular weight excluding hydrogens is 362 g/mol. The van der Waals surface area contributed by atoms with Crippen molar-refractivity contribution >= 4 is 21.8 Å². The highest BCUT2D eigenvalue weighted by Crippen LogP contribution is 2.43. The molecule has 1 nitrogen and oxygen atoms in total. The number of para-hydroxylation sites is 2. The first-order valence-electron chi connectivity index (χ1n) is 10.8. The standard InChI is InChI=1S/C29H27N/c1-4-29(2,3)30-27-23(21-13-7-5-8-14-21)17-11-19-25(27)26-20-12-18-24(28(26)30)22-15-9-6-10-16-22/h5-20H,4H2,1-3H3. The summed E-state index contributed by atoms with van der Waals surface area (Å²) in [6, 6.07) is 35.0. The summed E-state index contributed by atoms with van der Waals surface area (Å²) in [5.74, 6) is 0. The first kappa shape index (κ1) is 18.7. The molecule has 4 aromatic carbocycles. The Morgan fingerprint density at radius 1 is 0.567 bits per heavy atom. The van der Waals surface area contributed by atoms with E-state index >= 15 is 0 Å². The highest BCUT2D eigenvalue weighted by Gasteiger charge is 2.26. The van der Waals surface area contributed by atoms with Crippen molar-refractivity contribution in [2.45, 2.75) is 32.7 Å². The summed E-state index contributed by atoms with van der Waals surface area (Å²) in [4.78, 5) is 0. The van der Waals surface area contributed by atoms with Crippen LogP contribution in [0.3, 0.4) is 0 Å². The van der Waals surface area contributed by atoms with Crippen molar-refractivity contribution in [2.75, 3.05) is 0 Å². The smallest absolute Gasteiger partial charge is 0.0576 e. The second-order valence-electron chi connectivity index (χ2n) is 8.64. The Bertz CT molecular complexity index is 1230. The minimum Gasteiger partial charge on any atom is -0.334 e. The molecule has 1 aromatic heterocycles. The number of hydrogen-bond acceptors (Lipinski definition) is 0. The van der Waals surface area contributed by atoms with Gasteiger partial charge in [-0.05, 0) is 31.4 Å². The predicted molar refractivity (Wildman–Crippen MR) is 130 cm³/mol. The maximum atomic E-state index is 2.60. The zero-order chi connectivity index (χ0) is 20.7. The van der Waals surface area contributed by atoms with Crippen LogP contribution in [0.1, 0.15) is 27.2 Å². The number of rotatable bonds is 4. The summed E-state index contributed by atoms with van der Waals surface area (Å²) in [6.45, 7) is 7.00. The zero-order valence-corrected chi connectivity index (χ0v) is 17.9. The number of aromatic nitrogens is 1. The summed E-state index contributed by atoms with van der Waals surface area (Å²) >= 11 is 0. The number of nitrogens with zero attached hydrogens (tertiary/aromatic N) is 1. The van der Waals surface area contributed by atoms with Crippen LogP contribution < -0.4 is 0 Å². The van der Waals surface area contributed by atoms with Crippen LogP contribution in [0.25, 0.3) is 44.1 Å². The minimum absolute atomic E-state index is 0.0181. The van der Waals surface area contributed by atoms with Crippen molar-refractivity contribution < 1.29 is 0 Å². The fourth-order valence-corrected chi connectivity index (χ4v) is 4.58. The minimum atomic E-state index is -0.0181. The maximum Gasteiger partial charge on any atom is 0.0576 e. The van der Waals surface area contributed by atoms with Crippen LogP contribution in [0.5, 0.6) is 0 Å². The van der Waals surface area contributed by atoms with Crippen molar-refractivity contribution in [2.24, 2.45) is 0 Å². The van der Waals surface area contributed by atoms with Crippen LogP contribution in [-0.2, 0) is 5.54 Å². The molecule has 0 aliphatic heterocycles. The van der Waals surface area contributed by atoms with Crippen molar-refractivity contribution in [1.82, 2.24) is 4.57 Å². The molecule has 0 fully saturated rings. The van der Waals surface area contributed by atoms with Crippen LogP contribution in [-0.4, -0.2) is 4.57 Å². The van der Waals surface area contributed by atoms with Gasteiger partial charge in [-0.1, -0.05) is 104 Å². The lowest BCUT2D eigenvalue weighted by molar-refractivity contribution is 0.364. The van der Waals surface area contributed by atoms with Gasteiger partial charge < -0.3 is 4.57 Å².